The molecule has 1 aromatic rings. The van der Waals surface area contributed by atoms with Crippen molar-refractivity contribution in [3.8, 4) is 0 Å². The molecule has 0 saturated carbocycles. The first-order valence-corrected chi connectivity index (χ1v) is 7.00. The Balaban J connectivity index is 1.95. The van der Waals surface area contributed by atoms with Gasteiger partial charge in [0.2, 0.25) is 11.1 Å². The van der Waals surface area contributed by atoms with E-state index in [0.717, 1.165) is 26.1 Å². The van der Waals surface area contributed by atoms with Gasteiger partial charge >= 0.3 is 0 Å². The normalized spacial score (nSPS) is 27.6. The second kappa shape index (κ2) is 4.76. The summed E-state index contributed by atoms with van der Waals surface area (Å²) in [7, 11) is 3.75. The van der Waals surface area contributed by atoms with E-state index >= 15 is 0 Å². The Morgan fingerprint density at radius 2 is 1.95 bits per heavy atom. The minimum Gasteiger partial charge on any atom is -0.346 e. The van der Waals surface area contributed by atoms with Crippen molar-refractivity contribution in [1.82, 2.24) is 19.7 Å². The lowest BCUT2D eigenvalue weighted by atomic mass is 9.92. The zero-order valence-corrected chi connectivity index (χ0v) is 12.0. The number of hydrogen-bond donors (Lipinski definition) is 0. The lowest BCUT2D eigenvalue weighted by molar-refractivity contribution is 0.207. The second-order valence-corrected chi connectivity index (χ2v) is 5.86. The summed E-state index contributed by atoms with van der Waals surface area (Å²) in [4.78, 5) is 16.7. The summed E-state index contributed by atoms with van der Waals surface area (Å²) in [6.45, 7) is 3.01. The predicted octanol–water partition coefficient (Wildman–Crippen LogP) is 0.359. The van der Waals surface area contributed by atoms with E-state index in [1.807, 2.05) is 0 Å². The molecule has 0 amide bonds. The maximum absolute atomic E-state index is 12.3. The predicted molar refractivity (Wildman–Crippen MR) is 73.6 cm³/mol. The number of piperidine rings is 1. The van der Waals surface area contributed by atoms with E-state index in [2.05, 4.69) is 27.0 Å². The lowest BCUT2D eigenvalue weighted by Gasteiger charge is -2.36. The van der Waals surface area contributed by atoms with Crippen LogP contribution in [0.1, 0.15) is 12.8 Å². The Labute approximate surface area is 117 Å². The maximum atomic E-state index is 12.3. The van der Waals surface area contributed by atoms with Crippen molar-refractivity contribution in [2.45, 2.75) is 18.9 Å². The lowest BCUT2D eigenvalue weighted by Crippen LogP contribution is -2.48. The van der Waals surface area contributed by atoms with Crippen molar-refractivity contribution in [2.24, 2.45) is 13.0 Å². The SMILES string of the molecule is CN1CCC2CCN(c3nnc(Cl)n(C)c3=O)C2C1. The van der Waals surface area contributed by atoms with Crippen LogP contribution >= 0.6 is 11.6 Å². The Morgan fingerprint density at radius 3 is 2.74 bits per heavy atom. The Bertz CT molecular complexity index is 545. The minimum absolute atomic E-state index is 0.130. The van der Waals surface area contributed by atoms with Gasteiger partial charge in [0, 0.05) is 26.2 Å². The third-order valence-electron chi connectivity index (χ3n) is 4.34. The molecule has 104 valence electrons. The van der Waals surface area contributed by atoms with Crippen LogP contribution in [0, 0.1) is 5.92 Å². The molecule has 3 rings (SSSR count). The van der Waals surface area contributed by atoms with Gasteiger partial charge in [-0.2, -0.15) is 0 Å². The van der Waals surface area contributed by atoms with E-state index in [1.165, 1.54) is 11.0 Å². The van der Waals surface area contributed by atoms with E-state index in [-0.39, 0.29) is 10.8 Å². The molecule has 6 nitrogen and oxygen atoms in total. The molecule has 2 unspecified atom stereocenters. The monoisotopic (exact) mass is 283 g/mol. The van der Waals surface area contributed by atoms with Gasteiger partial charge in [-0.3, -0.25) is 9.36 Å². The highest BCUT2D eigenvalue weighted by Gasteiger charge is 2.39. The Hall–Kier alpha value is -1.14. The highest BCUT2D eigenvalue weighted by Crippen LogP contribution is 2.32. The van der Waals surface area contributed by atoms with Crippen molar-refractivity contribution in [3.05, 3.63) is 15.6 Å². The minimum atomic E-state index is -0.158. The summed E-state index contributed by atoms with van der Waals surface area (Å²) in [5.41, 5.74) is -0.158. The fourth-order valence-corrected chi connectivity index (χ4v) is 3.29. The fraction of sp³-hybridized carbons (Fsp3) is 0.750. The number of halogens is 1. The number of hydrogen-bond acceptors (Lipinski definition) is 5. The molecule has 0 N–H and O–H groups in total. The highest BCUT2D eigenvalue weighted by molar-refractivity contribution is 6.28. The number of anilines is 1. The van der Waals surface area contributed by atoms with E-state index in [1.54, 1.807) is 7.05 Å². The van der Waals surface area contributed by atoms with Crippen molar-refractivity contribution < 1.29 is 0 Å². The summed E-state index contributed by atoms with van der Waals surface area (Å²) < 4.78 is 1.35. The average Bonchev–Trinajstić information content (AvgIpc) is 2.79. The van der Waals surface area contributed by atoms with Gasteiger partial charge in [0.15, 0.2) is 0 Å². The molecule has 1 aromatic heterocycles. The van der Waals surface area contributed by atoms with Crippen molar-refractivity contribution in [2.75, 3.05) is 31.6 Å². The number of aromatic nitrogens is 3. The van der Waals surface area contributed by atoms with E-state index in [4.69, 9.17) is 11.6 Å². The van der Waals surface area contributed by atoms with Crippen LogP contribution in [-0.2, 0) is 7.05 Å². The van der Waals surface area contributed by atoms with Crippen molar-refractivity contribution in [3.63, 3.8) is 0 Å². The van der Waals surface area contributed by atoms with Crippen LogP contribution < -0.4 is 10.5 Å². The molecule has 3 heterocycles. The van der Waals surface area contributed by atoms with Crippen molar-refractivity contribution >= 4 is 17.4 Å². The van der Waals surface area contributed by atoms with Crippen LogP contribution in [0.15, 0.2) is 4.79 Å². The average molecular weight is 284 g/mol. The molecular formula is C12H18ClN5O. The third-order valence-corrected chi connectivity index (χ3v) is 4.67. The molecule has 7 heteroatoms. The number of likely N-dealkylation sites (N-methyl/N-ethyl adjacent to an activating group) is 1. The number of nitrogens with zero attached hydrogens (tertiary/aromatic N) is 5. The molecule has 2 aliphatic heterocycles. The zero-order valence-electron chi connectivity index (χ0n) is 11.2. The summed E-state index contributed by atoms with van der Waals surface area (Å²) in [6, 6.07) is 0.377. The summed E-state index contributed by atoms with van der Waals surface area (Å²) in [6.07, 6.45) is 2.32. The molecule has 2 saturated heterocycles. The first-order chi connectivity index (χ1) is 9.08. The van der Waals surface area contributed by atoms with Gasteiger partial charge in [0.05, 0.1) is 0 Å². The summed E-state index contributed by atoms with van der Waals surface area (Å²) in [5, 5.41) is 8.02. The molecule has 0 radical (unpaired) electrons. The van der Waals surface area contributed by atoms with Gasteiger partial charge in [-0.05, 0) is 44.0 Å². The number of likely N-dealkylation sites (tertiary alicyclic amines) is 1. The highest BCUT2D eigenvalue weighted by atomic mass is 35.5. The first kappa shape index (κ1) is 12.9. The molecule has 0 aliphatic carbocycles. The molecular weight excluding hydrogens is 266 g/mol. The topological polar surface area (TPSA) is 54.3 Å². The van der Waals surface area contributed by atoms with Crippen LogP contribution in [0.5, 0.6) is 0 Å². The number of rotatable bonds is 1. The van der Waals surface area contributed by atoms with Gasteiger partial charge in [0.1, 0.15) is 0 Å². The molecule has 19 heavy (non-hydrogen) atoms. The zero-order chi connectivity index (χ0) is 13.6. The molecule has 0 bridgehead atoms. The van der Waals surface area contributed by atoms with E-state index in [9.17, 15) is 4.79 Å². The van der Waals surface area contributed by atoms with Gasteiger partial charge in [-0.25, -0.2) is 0 Å². The van der Waals surface area contributed by atoms with Crippen LogP contribution in [0.25, 0.3) is 0 Å². The molecule has 0 spiro atoms. The Kier molecular flexibility index (Phi) is 3.22. The van der Waals surface area contributed by atoms with Crippen molar-refractivity contribution in [1.29, 1.82) is 0 Å². The standard InChI is InChI=1S/C12H18ClN5O/c1-16-5-3-8-4-6-18(9(8)7-16)10-11(19)17(2)12(13)15-14-10/h8-9H,3-7H2,1-2H3. The second-order valence-electron chi connectivity index (χ2n) is 5.52. The molecule has 0 aromatic carbocycles. The quantitative estimate of drug-likeness (QED) is 0.745. The van der Waals surface area contributed by atoms with Crippen LogP contribution in [-0.4, -0.2) is 52.4 Å². The fourth-order valence-electron chi connectivity index (χ4n) is 3.17. The number of fused-ring (bicyclic) bond motifs is 1. The molecule has 2 atom stereocenters. The van der Waals surface area contributed by atoms with E-state index < -0.39 is 0 Å². The Morgan fingerprint density at radius 1 is 1.21 bits per heavy atom. The summed E-state index contributed by atoms with van der Waals surface area (Å²) >= 11 is 5.82. The van der Waals surface area contributed by atoms with E-state index in [0.29, 0.717) is 17.8 Å². The van der Waals surface area contributed by atoms with Crippen LogP contribution in [0.4, 0.5) is 5.82 Å². The van der Waals surface area contributed by atoms with Crippen LogP contribution in [0.3, 0.4) is 0 Å². The van der Waals surface area contributed by atoms with Gasteiger partial charge in [-0.1, -0.05) is 0 Å². The maximum Gasteiger partial charge on any atom is 0.297 e. The largest absolute Gasteiger partial charge is 0.346 e. The smallest absolute Gasteiger partial charge is 0.297 e. The summed E-state index contributed by atoms with van der Waals surface area (Å²) in [5.74, 6) is 1.10. The van der Waals surface area contributed by atoms with Gasteiger partial charge in [-0.15, -0.1) is 10.2 Å². The van der Waals surface area contributed by atoms with Gasteiger partial charge in [0.25, 0.3) is 5.56 Å². The first-order valence-electron chi connectivity index (χ1n) is 6.62. The van der Waals surface area contributed by atoms with Crippen LogP contribution in [0.2, 0.25) is 5.28 Å². The van der Waals surface area contributed by atoms with Gasteiger partial charge < -0.3 is 9.80 Å². The molecule has 2 fully saturated rings. The molecule has 2 aliphatic rings. The third kappa shape index (κ3) is 2.12.